The van der Waals surface area contributed by atoms with Crippen molar-refractivity contribution in [1.29, 1.82) is 0 Å². The minimum atomic E-state index is -0.575. The van der Waals surface area contributed by atoms with E-state index in [2.05, 4.69) is 21.4 Å². The summed E-state index contributed by atoms with van der Waals surface area (Å²) < 4.78 is 0. The average molecular weight is 535 g/mol. The lowest BCUT2D eigenvalue weighted by atomic mass is 9.96. The molecule has 2 rings (SSSR count). The number of hydrogen-bond donors (Lipinski definition) is 2. The third-order valence-electron chi connectivity index (χ3n) is 3.13. The molecule has 0 spiro atoms. The first-order chi connectivity index (χ1) is 12.3. The van der Waals surface area contributed by atoms with Crippen LogP contribution in [0.2, 0.25) is 0 Å². The van der Waals surface area contributed by atoms with Crippen LogP contribution in [0.25, 0.3) is 0 Å². The molecular weight excluding hydrogens is 510 g/mol. The maximum atomic E-state index is 10.9. The smallest absolute Gasteiger partial charge is 0.252 e. The topological polar surface area (TPSA) is 72.2 Å². The van der Waals surface area contributed by atoms with Gasteiger partial charge in [-0.2, -0.15) is 0 Å². The molecule has 2 atom stereocenters. The molecule has 0 fully saturated rings. The normalized spacial score (nSPS) is 20.3. The summed E-state index contributed by atoms with van der Waals surface area (Å²) in [4.78, 5) is 20.5. The predicted molar refractivity (Wildman–Crippen MR) is 126 cm³/mol. The fourth-order valence-corrected chi connectivity index (χ4v) is 2.68. The zero-order valence-corrected chi connectivity index (χ0v) is 20.7. The largest absolute Gasteiger partial charge is 0.276 e. The second kappa shape index (κ2) is 13.8. The molecule has 4 nitrogen and oxygen atoms in total. The number of nitrogens with two attached hydrogens (primary N) is 1. The Bertz CT molecular complexity index is 687. The fraction of sp³-hybridized carbons (Fsp3) is 0.368. The summed E-state index contributed by atoms with van der Waals surface area (Å²) in [5.74, 6) is 5.06. The van der Waals surface area contributed by atoms with E-state index in [1.54, 1.807) is 36.4 Å². The highest BCUT2D eigenvalue weighted by atomic mass is 79.9. The molecule has 3 N–H and O–H groups in total. The van der Waals surface area contributed by atoms with E-state index in [9.17, 15) is 9.59 Å². The number of alkyl halides is 2. The third kappa shape index (κ3) is 12.2. The van der Waals surface area contributed by atoms with Crippen molar-refractivity contribution >= 4 is 73.6 Å². The lowest BCUT2D eigenvalue weighted by Gasteiger charge is -2.27. The average Bonchev–Trinajstić information content (AvgIpc) is 2.58. The number of carbonyl (C=O) groups is 2. The van der Waals surface area contributed by atoms with Gasteiger partial charge in [0, 0.05) is 16.7 Å². The molecule has 9 heteroatoms. The van der Waals surface area contributed by atoms with Gasteiger partial charge in [-0.15, -0.1) is 24.0 Å². The van der Waals surface area contributed by atoms with Crippen LogP contribution in [0.4, 0.5) is 0 Å². The Morgan fingerprint density at radius 3 is 1.89 bits per heavy atom. The van der Waals surface area contributed by atoms with Crippen LogP contribution >= 0.6 is 63.1 Å². The van der Waals surface area contributed by atoms with Crippen LogP contribution in [-0.2, 0) is 4.79 Å². The van der Waals surface area contributed by atoms with Crippen molar-refractivity contribution in [2.24, 2.45) is 5.84 Å². The Labute approximate surface area is 196 Å². The first kappa shape index (κ1) is 29.8. The van der Waals surface area contributed by atoms with Crippen LogP contribution in [0.1, 0.15) is 38.1 Å². The van der Waals surface area contributed by atoms with Gasteiger partial charge in [-0.3, -0.25) is 20.9 Å². The predicted octanol–water partition coefficient (Wildman–Crippen LogP) is 5.74. The van der Waals surface area contributed by atoms with Gasteiger partial charge in [-0.1, -0.05) is 64.5 Å². The lowest BCUT2D eigenvalue weighted by Crippen LogP contribution is -2.41. The van der Waals surface area contributed by atoms with Crippen LogP contribution in [0.5, 0.6) is 0 Å². The molecule has 0 saturated heterocycles. The van der Waals surface area contributed by atoms with Gasteiger partial charge >= 0.3 is 0 Å². The maximum absolute atomic E-state index is 10.9. The van der Waals surface area contributed by atoms with Gasteiger partial charge in [-0.05, 0) is 50.9 Å². The summed E-state index contributed by atoms with van der Waals surface area (Å²) >= 11 is 19.9. The van der Waals surface area contributed by atoms with E-state index in [1.807, 2.05) is 39.8 Å². The highest BCUT2D eigenvalue weighted by Crippen LogP contribution is 2.35. The van der Waals surface area contributed by atoms with Gasteiger partial charge < -0.3 is 0 Å². The van der Waals surface area contributed by atoms with Crippen molar-refractivity contribution in [2.45, 2.75) is 42.9 Å². The Morgan fingerprint density at radius 2 is 1.61 bits per heavy atom. The van der Waals surface area contributed by atoms with E-state index in [1.165, 1.54) is 0 Å². The molecule has 0 saturated carbocycles. The van der Waals surface area contributed by atoms with Crippen molar-refractivity contribution in [1.82, 2.24) is 5.43 Å². The Hall–Kier alpha value is -0.400. The van der Waals surface area contributed by atoms with E-state index < -0.39 is 15.4 Å². The molecule has 158 valence electrons. The minimum Gasteiger partial charge on any atom is -0.276 e. The number of benzene rings is 1. The van der Waals surface area contributed by atoms with Gasteiger partial charge in [-0.25, -0.2) is 0 Å². The van der Waals surface area contributed by atoms with E-state index in [0.717, 1.165) is 0 Å². The van der Waals surface area contributed by atoms with Crippen LogP contribution in [0, 0.1) is 0 Å². The molecule has 1 aliphatic carbocycles. The SMILES string of the molecule is CC(C)(C)NN.CC1(Cl)C=CC=C(C(=O)Cl)C1Br.Cl.O=C(Cl)c1ccccc1. The third-order valence-corrected chi connectivity index (χ3v) is 5.62. The van der Waals surface area contributed by atoms with Gasteiger partial charge in [0.15, 0.2) is 0 Å². The number of allylic oxidation sites excluding steroid dienone is 4. The summed E-state index contributed by atoms with van der Waals surface area (Å²) in [5, 5.41) is -0.872. The minimum absolute atomic E-state index is 0. The first-order valence-electron chi connectivity index (χ1n) is 7.96. The molecular formula is C19H25BrCl4N2O2. The standard InChI is InChI=1S/C8H7BrCl2O.C7H5ClO.C4H12N2.ClH/c1-8(11)4-2-3-5(6(8)9)7(10)12;8-7(9)6-4-2-1-3-5-6;1-4(2,3)6-5;/h2-4,6H,1H3;1-5H;6H,5H2,1-3H3;1H. The summed E-state index contributed by atoms with van der Waals surface area (Å²) in [6.45, 7) is 7.84. The van der Waals surface area contributed by atoms with Crippen molar-refractivity contribution in [3.63, 3.8) is 0 Å². The highest BCUT2D eigenvalue weighted by Gasteiger charge is 2.34. The van der Waals surface area contributed by atoms with Crippen LogP contribution in [-0.4, -0.2) is 25.7 Å². The first-order valence-corrected chi connectivity index (χ1v) is 10.0. The van der Waals surface area contributed by atoms with Gasteiger partial charge in [0.25, 0.3) is 5.24 Å². The molecule has 0 heterocycles. The van der Waals surface area contributed by atoms with Gasteiger partial charge in [0.1, 0.15) is 0 Å². The highest BCUT2D eigenvalue weighted by molar-refractivity contribution is 9.09. The molecule has 1 aromatic carbocycles. The van der Waals surface area contributed by atoms with Crippen LogP contribution in [0.15, 0.2) is 54.1 Å². The molecule has 1 aromatic rings. The second-order valence-corrected chi connectivity index (χ2v) is 9.22. The van der Waals surface area contributed by atoms with E-state index >= 15 is 0 Å². The lowest BCUT2D eigenvalue weighted by molar-refractivity contribution is -0.108. The Morgan fingerprint density at radius 1 is 1.14 bits per heavy atom. The number of nitrogens with one attached hydrogen (secondary N) is 1. The number of hydrogen-bond acceptors (Lipinski definition) is 4. The summed E-state index contributed by atoms with van der Waals surface area (Å²) in [6, 6.07) is 8.74. The summed E-state index contributed by atoms with van der Waals surface area (Å²) in [7, 11) is 0. The van der Waals surface area contributed by atoms with Gasteiger partial charge in [0.2, 0.25) is 5.24 Å². The van der Waals surface area contributed by atoms with E-state index in [-0.39, 0.29) is 22.8 Å². The second-order valence-electron chi connectivity index (χ2n) is 6.80. The molecule has 0 amide bonds. The number of halogens is 5. The molecule has 2 unspecified atom stereocenters. The number of hydrazine groups is 1. The summed E-state index contributed by atoms with van der Waals surface area (Å²) in [5.41, 5.74) is 3.71. The maximum Gasteiger partial charge on any atom is 0.252 e. The van der Waals surface area contributed by atoms with Crippen molar-refractivity contribution in [3.05, 3.63) is 59.7 Å². The summed E-state index contributed by atoms with van der Waals surface area (Å²) in [6.07, 6.45) is 5.22. The van der Waals surface area contributed by atoms with Crippen LogP contribution in [0.3, 0.4) is 0 Å². The van der Waals surface area contributed by atoms with Gasteiger partial charge in [0.05, 0.1) is 9.70 Å². The Balaban J connectivity index is 0. The number of rotatable bonds is 2. The molecule has 0 aromatic heterocycles. The molecule has 0 aliphatic heterocycles. The molecule has 28 heavy (non-hydrogen) atoms. The van der Waals surface area contributed by atoms with Crippen molar-refractivity contribution in [3.8, 4) is 0 Å². The zero-order chi connectivity index (χ0) is 21.3. The number of carbonyl (C=O) groups excluding carboxylic acids is 2. The molecule has 0 radical (unpaired) electrons. The van der Waals surface area contributed by atoms with Crippen LogP contribution < -0.4 is 11.3 Å². The Kier molecular flexibility index (Phi) is 14.6. The van der Waals surface area contributed by atoms with Crippen molar-refractivity contribution in [2.75, 3.05) is 0 Å². The monoisotopic (exact) mass is 532 g/mol. The van der Waals surface area contributed by atoms with E-state index in [4.69, 9.17) is 40.6 Å². The quantitative estimate of drug-likeness (QED) is 0.219. The zero-order valence-electron chi connectivity index (χ0n) is 16.0. The van der Waals surface area contributed by atoms with E-state index in [0.29, 0.717) is 11.1 Å². The molecule has 0 bridgehead atoms. The fourth-order valence-electron chi connectivity index (χ4n) is 1.55. The molecule has 1 aliphatic rings. The van der Waals surface area contributed by atoms with Crippen molar-refractivity contribution < 1.29 is 9.59 Å².